The minimum atomic E-state index is -3.06. The minimum Gasteiger partial charge on any atom is -0.394 e. The second kappa shape index (κ2) is 5.19. The molecule has 1 aromatic carbocycles. The number of benzene rings is 1. The fraction of sp³-hybridized carbons (Fsp3) is 0.500. The molecule has 1 atom stereocenters. The molecule has 0 spiro atoms. The summed E-state index contributed by atoms with van der Waals surface area (Å²) in [5.41, 5.74) is 0.0783. The highest BCUT2D eigenvalue weighted by Gasteiger charge is 2.38. The van der Waals surface area contributed by atoms with Gasteiger partial charge in [0.25, 0.3) is 0 Å². The zero-order valence-electron chi connectivity index (χ0n) is 9.89. The lowest BCUT2D eigenvalue weighted by Gasteiger charge is -2.37. The molecule has 100 valence electrons. The van der Waals surface area contributed by atoms with Crippen LogP contribution in [0.5, 0.6) is 0 Å². The number of hydrogen-bond donors (Lipinski definition) is 2. The molecule has 0 bridgehead atoms. The fourth-order valence-corrected chi connectivity index (χ4v) is 4.44. The smallest absolute Gasteiger partial charge is 0.152 e. The maximum absolute atomic E-state index is 11.7. The van der Waals surface area contributed by atoms with E-state index in [-0.39, 0.29) is 18.1 Å². The van der Waals surface area contributed by atoms with Crippen LogP contribution in [-0.2, 0) is 9.84 Å². The van der Waals surface area contributed by atoms with Crippen LogP contribution < -0.4 is 5.32 Å². The number of anilines is 1. The summed E-state index contributed by atoms with van der Waals surface area (Å²) in [5.74, 6) is 0.212. The van der Waals surface area contributed by atoms with Gasteiger partial charge in [-0.1, -0.05) is 15.9 Å². The third-order valence-corrected chi connectivity index (χ3v) is 5.60. The fourth-order valence-electron chi connectivity index (χ4n) is 2.30. The van der Waals surface area contributed by atoms with Gasteiger partial charge in [-0.15, -0.1) is 0 Å². The Balaban J connectivity index is 2.20. The van der Waals surface area contributed by atoms with Gasteiger partial charge >= 0.3 is 0 Å². The molecule has 0 amide bonds. The Morgan fingerprint density at radius 2 is 2.00 bits per heavy atom. The predicted octanol–water partition coefficient (Wildman–Crippen LogP) is 1.80. The molecule has 0 aliphatic carbocycles. The first-order valence-electron chi connectivity index (χ1n) is 5.80. The first kappa shape index (κ1) is 13.8. The third kappa shape index (κ3) is 3.24. The first-order valence-corrected chi connectivity index (χ1v) is 8.41. The van der Waals surface area contributed by atoms with E-state index >= 15 is 0 Å². The van der Waals surface area contributed by atoms with Crippen LogP contribution in [-0.4, -0.2) is 37.2 Å². The van der Waals surface area contributed by atoms with Crippen molar-refractivity contribution in [2.24, 2.45) is 0 Å². The topological polar surface area (TPSA) is 66.4 Å². The molecule has 18 heavy (non-hydrogen) atoms. The summed E-state index contributed by atoms with van der Waals surface area (Å²) in [6.07, 6.45) is 1.26. The minimum absolute atomic E-state index is 0.00738. The van der Waals surface area contributed by atoms with Crippen molar-refractivity contribution in [2.45, 2.75) is 18.4 Å². The molecule has 1 aliphatic rings. The van der Waals surface area contributed by atoms with Gasteiger partial charge in [0, 0.05) is 10.2 Å². The number of rotatable bonds is 3. The second-order valence-electron chi connectivity index (χ2n) is 4.77. The summed E-state index contributed by atoms with van der Waals surface area (Å²) >= 11 is 3.35. The van der Waals surface area contributed by atoms with Gasteiger partial charge in [0.1, 0.15) is 0 Å². The molecular weight excluding hydrogens is 318 g/mol. The normalized spacial score (nSPS) is 26.8. The summed E-state index contributed by atoms with van der Waals surface area (Å²) in [6, 6.07) is 7.49. The zero-order chi connectivity index (χ0) is 13.2. The van der Waals surface area contributed by atoms with E-state index in [1.807, 2.05) is 24.3 Å². The van der Waals surface area contributed by atoms with Gasteiger partial charge < -0.3 is 10.4 Å². The Bertz CT molecular complexity index is 515. The summed E-state index contributed by atoms with van der Waals surface area (Å²) in [5, 5.41) is 12.7. The molecule has 0 saturated carbocycles. The zero-order valence-corrected chi connectivity index (χ0v) is 12.3. The number of aliphatic hydroxyl groups excluding tert-OH is 1. The van der Waals surface area contributed by atoms with Crippen molar-refractivity contribution in [3.8, 4) is 0 Å². The van der Waals surface area contributed by atoms with E-state index in [1.165, 1.54) is 0 Å². The van der Waals surface area contributed by atoms with Gasteiger partial charge in [0.05, 0.1) is 23.7 Å². The molecule has 4 nitrogen and oxygen atoms in total. The van der Waals surface area contributed by atoms with E-state index in [9.17, 15) is 13.5 Å². The molecule has 1 fully saturated rings. The van der Waals surface area contributed by atoms with Crippen molar-refractivity contribution in [3.05, 3.63) is 28.7 Å². The molecule has 1 aliphatic heterocycles. The van der Waals surface area contributed by atoms with E-state index in [0.717, 1.165) is 10.2 Å². The average molecular weight is 334 g/mol. The predicted molar refractivity (Wildman–Crippen MR) is 75.5 cm³/mol. The summed E-state index contributed by atoms with van der Waals surface area (Å²) in [4.78, 5) is 0. The van der Waals surface area contributed by atoms with E-state index in [1.54, 1.807) is 0 Å². The summed E-state index contributed by atoms with van der Waals surface area (Å²) in [6.45, 7) is -0.178. The Kier molecular flexibility index (Phi) is 3.99. The van der Waals surface area contributed by atoms with Crippen LogP contribution >= 0.6 is 15.9 Å². The lowest BCUT2D eigenvalue weighted by Crippen LogP contribution is -2.51. The number of halogens is 1. The van der Waals surface area contributed by atoms with Gasteiger partial charge in [-0.2, -0.15) is 0 Å². The first-order chi connectivity index (χ1) is 8.45. The monoisotopic (exact) mass is 333 g/mol. The lowest BCUT2D eigenvalue weighted by atomic mass is 9.96. The van der Waals surface area contributed by atoms with Crippen LogP contribution in [0.15, 0.2) is 28.7 Å². The molecular formula is C12H16BrNO3S. The number of hydrogen-bond acceptors (Lipinski definition) is 4. The molecule has 2 rings (SSSR count). The third-order valence-electron chi connectivity index (χ3n) is 3.16. The Hall–Kier alpha value is -0.590. The van der Waals surface area contributed by atoms with Crippen molar-refractivity contribution < 1.29 is 13.5 Å². The molecule has 2 N–H and O–H groups in total. The Labute approximate surface area is 115 Å². The maximum atomic E-state index is 11.7. The molecule has 1 unspecified atom stereocenters. The van der Waals surface area contributed by atoms with E-state index in [2.05, 4.69) is 21.2 Å². The molecule has 0 aromatic heterocycles. The van der Waals surface area contributed by atoms with Crippen LogP contribution in [0, 0.1) is 0 Å². The average Bonchev–Trinajstić information content (AvgIpc) is 2.31. The highest BCUT2D eigenvalue weighted by Crippen LogP contribution is 2.27. The van der Waals surface area contributed by atoms with Gasteiger partial charge in [-0.05, 0) is 37.1 Å². The largest absolute Gasteiger partial charge is 0.394 e. The van der Waals surface area contributed by atoms with Crippen LogP contribution in [0.3, 0.4) is 0 Å². The molecule has 1 aromatic rings. The standard InChI is InChI=1S/C12H16BrNO3S/c13-10-2-4-11(5-3-10)14-12(8-15)6-1-7-18(16,17)9-12/h2-5,14-15H,1,6-9H2. The van der Waals surface area contributed by atoms with Crippen molar-refractivity contribution in [3.63, 3.8) is 0 Å². The van der Waals surface area contributed by atoms with Gasteiger partial charge in [-0.3, -0.25) is 0 Å². The number of aliphatic hydroxyl groups is 1. The van der Waals surface area contributed by atoms with Crippen LogP contribution in [0.4, 0.5) is 5.69 Å². The summed E-state index contributed by atoms with van der Waals surface area (Å²) in [7, 11) is -3.06. The van der Waals surface area contributed by atoms with Crippen molar-refractivity contribution >= 4 is 31.5 Å². The van der Waals surface area contributed by atoms with Gasteiger partial charge in [0.2, 0.25) is 0 Å². The van der Waals surface area contributed by atoms with Gasteiger partial charge in [-0.25, -0.2) is 8.42 Å². The Morgan fingerprint density at radius 1 is 1.33 bits per heavy atom. The van der Waals surface area contributed by atoms with E-state index < -0.39 is 15.4 Å². The van der Waals surface area contributed by atoms with Crippen molar-refractivity contribution in [1.82, 2.24) is 0 Å². The van der Waals surface area contributed by atoms with Crippen LogP contribution in [0.1, 0.15) is 12.8 Å². The van der Waals surface area contributed by atoms with E-state index in [4.69, 9.17) is 0 Å². The van der Waals surface area contributed by atoms with Crippen LogP contribution in [0.2, 0.25) is 0 Å². The molecule has 0 radical (unpaired) electrons. The van der Waals surface area contributed by atoms with Crippen molar-refractivity contribution in [2.75, 3.05) is 23.4 Å². The highest BCUT2D eigenvalue weighted by atomic mass is 79.9. The number of sulfone groups is 1. The Morgan fingerprint density at radius 3 is 2.56 bits per heavy atom. The lowest BCUT2D eigenvalue weighted by molar-refractivity contribution is 0.212. The highest BCUT2D eigenvalue weighted by molar-refractivity contribution is 9.10. The maximum Gasteiger partial charge on any atom is 0.152 e. The molecule has 1 heterocycles. The van der Waals surface area contributed by atoms with Crippen molar-refractivity contribution in [1.29, 1.82) is 0 Å². The van der Waals surface area contributed by atoms with E-state index in [0.29, 0.717) is 12.8 Å². The quantitative estimate of drug-likeness (QED) is 0.885. The van der Waals surface area contributed by atoms with Gasteiger partial charge in [0.15, 0.2) is 9.84 Å². The molecule has 6 heteroatoms. The SMILES string of the molecule is O=S1(=O)CCCC(CO)(Nc2ccc(Br)cc2)C1. The molecule has 1 saturated heterocycles. The number of nitrogens with one attached hydrogen (secondary N) is 1. The summed E-state index contributed by atoms with van der Waals surface area (Å²) < 4.78 is 24.4. The second-order valence-corrected chi connectivity index (χ2v) is 7.87. The van der Waals surface area contributed by atoms with Crippen LogP contribution in [0.25, 0.3) is 0 Å².